The highest BCUT2D eigenvalue weighted by atomic mass is 16.2. The number of nitrogens with zero attached hydrogens (tertiary/aromatic N) is 1. The van der Waals surface area contributed by atoms with Gasteiger partial charge in [-0.25, -0.2) is 0 Å². The number of amides is 1. The third-order valence-corrected chi connectivity index (χ3v) is 4.63. The van der Waals surface area contributed by atoms with E-state index in [4.69, 9.17) is 0 Å². The minimum Gasteiger partial charge on any atom is -0.335 e. The number of benzene rings is 2. The zero-order valence-corrected chi connectivity index (χ0v) is 13.3. The van der Waals surface area contributed by atoms with Crippen LogP contribution in [0.15, 0.2) is 54.6 Å². The Morgan fingerprint density at radius 3 is 2.57 bits per heavy atom. The summed E-state index contributed by atoms with van der Waals surface area (Å²) >= 11 is 0. The Morgan fingerprint density at radius 2 is 1.87 bits per heavy atom. The molecule has 0 N–H and O–H groups in total. The Labute approximate surface area is 136 Å². The van der Waals surface area contributed by atoms with Crippen LogP contribution in [0.5, 0.6) is 0 Å². The normalized spacial score (nSPS) is 18.1. The molecule has 1 heterocycles. The van der Waals surface area contributed by atoms with Crippen molar-refractivity contribution in [1.29, 1.82) is 0 Å². The number of carbonyl (C=O) groups is 2. The van der Waals surface area contributed by atoms with Crippen LogP contribution in [0.4, 0.5) is 0 Å². The van der Waals surface area contributed by atoms with E-state index in [1.54, 1.807) is 6.92 Å². The first kappa shape index (κ1) is 15.5. The van der Waals surface area contributed by atoms with Gasteiger partial charge >= 0.3 is 0 Å². The summed E-state index contributed by atoms with van der Waals surface area (Å²) in [6.45, 7) is 2.27. The fourth-order valence-corrected chi connectivity index (χ4v) is 3.53. The lowest BCUT2D eigenvalue weighted by atomic mass is 9.82. The molecule has 118 valence electrons. The van der Waals surface area contributed by atoms with Crippen LogP contribution in [0.1, 0.15) is 29.7 Å². The first-order valence-corrected chi connectivity index (χ1v) is 8.05. The second kappa shape index (κ2) is 6.78. The summed E-state index contributed by atoms with van der Waals surface area (Å²) in [5.74, 6) is -0.202. The molecule has 3 rings (SSSR count). The highest BCUT2D eigenvalue weighted by Crippen LogP contribution is 2.36. The van der Waals surface area contributed by atoms with Gasteiger partial charge in [-0.3, -0.25) is 4.79 Å². The molecule has 0 aromatic heterocycles. The molecule has 2 aromatic carbocycles. The molecule has 0 spiro atoms. The number of rotatable bonds is 4. The third kappa shape index (κ3) is 3.19. The van der Waals surface area contributed by atoms with Crippen molar-refractivity contribution in [2.75, 3.05) is 6.54 Å². The van der Waals surface area contributed by atoms with Crippen LogP contribution in [0.25, 0.3) is 0 Å². The predicted octanol–water partition coefficient (Wildman–Crippen LogP) is 3.19. The maximum Gasteiger partial charge on any atom is 0.219 e. The number of hydrogen-bond donors (Lipinski definition) is 0. The van der Waals surface area contributed by atoms with E-state index in [1.807, 2.05) is 47.4 Å². The van der Waals surface area contributed by atoms with Crippen molar-refractivity contribution in [3.05, 3.63) is 71.3 Å². The average Bonchev–Trinajstić information content (AvgIpc) is 2.59. The molecular formula is C20H21NO2. The molecule has 3 nitrogen and oxygen atoms in total. The second-order valence-corrected chi connectivity index (χ2v) is 6.10. The topological polar surface area (TPSA) is 37.4 Å². The molecular weight excluding hydrogens is 286 g/mol. The summed E-state index contributed by atoms with van der Waals surface area (Å²) in [5, 5.41) is 0. The monoisotopic (exact) mass is 307 g/mol. The van der Waals surface area contributed by atoms with Gasteiger partial charge in [0.05, 0.1) is 6.04 Å². The van der Waals surface area contributed by atoms with Gasteiger partial charge in [0.15, 0.2) is 0 Å². The van der Waals surface area contributed by atoms with Gasteiger partial charge in [-0.05, 0) is 29.5 Å². The number of hydrogen-bond acceptors (Lipinski definition) is 2. The van der Waals surface area contributed by atoms with Crippen molar-refractivity contribution in [2.24, 2.45) is 5.92 Å². The minimum atomic E-state index is -0.234. The van der Waals surface area contributed by atoms with Crippen molar-refractivity contribution >= 4 is 12.2 Å². The molecule has 0 saturated heterocycles. The molecule has 2 atom stereocenters. The number of fused-ring (bicyclic) bond motifs is 1. The smallest absolute Gasteiger partial charge is 0.219 e. The first-order chi connectivity index (χ1) is 11.2. The van der Waals surface area contributed by atoms with Crippen LogP contribution in [0, 0.1) is 5.92 Å². The lowest BCUT2D eigenvalue weighted by molar-refractivity contribution is -0.133. The lowest BCUT2D eigenvalue weighted by Crippen LogP contribution is -2.43. The Hall–Kier alpha value is -2.42. The fraction of sp³-hybridized carbons (Fsp3) is 0.300. The molecule has 0 radical (unpaired) electrons. The van der Waals surface area contributed by atoms with Gasteiger partial charge in [-0.15, -0.1) is 0 Å². The SMILES string of the molecule is CC(=O)N1CCc2ccccc2C1C(C=O)Cc1ccccc1. The van der Waals surface area contributed by atoms with Crippen LogP contribution in [-0.4, -0.2) is 23.6 Å². The number of carbonyl (C=O) groups excluding carboxylic acids is 2. The Kier molecular flexibility index (Phi) is 4.56. The Morgan fingerprint density at radius 1 is 1.17 bits per heavy atom. The molecule has 2 aromatic rings. The molecule has 0 bridgehead atoms. The summed E-state index contributed by atoms with van der Waals surface area (Å²) in [4.78, 5) is 25.8. The van der Waals surface area contributed by atoms with Crippen molar-refractivity contribution in [2.45, 2.75) is 25.8 Å². The van der Waals surface area contributed by atoms with Gasteiger partial charge in [0.2, 0.25) is 5.91 Å². The minimum absolute atomic E-state index is 0.0319. The molecule has 1 aliphatic heterocycles. The van der Waals surface area contributed by atoms with E-state index in [0.717, 1.165) is 23.8 Å². The largest absolute Gasteiger partial charge is 0.335 e. The van der Waals surface area contributed by atoms with E-state index in [1.165, 1.54) is 5.56 Å². The van der Waals surface area contributed by atoms with E-state index in [2.05, 4.69) is 12.1 Å². The second-order valence-electron chi connectivity index (χ2n) is 6.10. The molecule has 0 aliphatic carbocycles. The average molecular weight is 307 g/mol. The van der Waals surface area contributed by atoms with Crippen LogP contribution in [0.2, 0.25) is 0 Å². The maximum absolute atomic E-state index is 12.1. The predicted molar refractivity (Wildman–Crippen MR) is 90.0 cm³/mol. The molecule has 1 amide bonds. The van der Waals surface area contributed by atoms with Crippen molar-refractivity contribution in [1.82, 2.24) is 4.90 Å². The quantitative estimate of drug-likeness (QED) is 0.814. The standard InChI is InChI=1S/C20H21NO2/c1-15(23)21-12-11-17-9-5-6-10-19(17)20(21)18(14-22)13-16-7-3-2-4-8-16/h2-10,14,18,20H,11-13H2,1H3. The van der Waals surface area contributed by atoms with Crippen molar-refractivity contribution in [3.63, 3.8) is 0 Å². The van der Waals surface area contributed by atoms with Gasteiger partial charge in [0, 0.05) is 19.4 Å². The van der Waals surface area contributed by atoms with Gasteiger partial charge in [-0.1, -0.05) is 54.6 Å². The van der Waals surface area contributed by atoms with E-state index in [-0.39, 0.29) is 17.9 Å². The summed E-state index contributed by atoms with van der Waals surface area (Å²) in [7, 11) is 0. The molecule has 0 fully saturated rings. The Bertz CT molecular complexity index is 696. The van der Waals surface area contributed by atoms with E-state index in [0.29, 0.717) is 13.0 Å². The first-order valence-electron chi connectivity index (χ1n) is 8.05. The van der Waals surface area contributed by atoms with E-state index < -0.39 is 0 Å². The highest BCUT2D eigenvalue weighted by molar-refractivity contribution is 5.75. The van der Waals surface area contributed by atoms with E-state index in [9.17, 15) is 9.59 Å². The molecule has 23 heavy (non-hydrogen) atoms. The van der Waals surface area contributed by atoms with Crippen LogP contribution in [0.3, 0.4) is 0 Å². The van der Waals surface area contributed by atoms with E-state index >= 15 is 0 Å². The molecule has 3 heteroatoms. The summed E-state index contributed by atoms with van der Waals surface area (Å²) in [6.07, 6.45) is 2.51. The molecule has 0 saturated carbocycles. The number of aldehydes is 1. The lowest BCUT2D eigenvalue weighted by Gasteiger charge is -2.39. The zero-order chi connectivity index (χ0) is 16.2. The van der Waals surface area contributed by atoms with Gasteiger partial charge < -0.3 is 9.69 Å². The summed E-state index contributed by atoms with van der Waals surface area (Å²) in [6, 6.07) is 18.0. The summed E-state index contributed by atoms with van der Waals surface area (Å²) < 4.78 is 0. The summed E-state index contributed by atoms with van der Waals surface area (Å²) in [5.41, 5.74) is 3.48. The Balaban J connectivity index is 1.98. The van der Waals surface area contributed by atoms with Gasteiger partial charge in [-0.2, -0.15) is 0 Å². The highest BCUT2D eigenvalue weighted by Gasteiger charge is 2.34. The van der Waals surface area contributed by atoms with Crippen LogP contribution < -0.4 is 0 Å². The van der Waals surface area contributed by atoms with Crippen molar-refractivity contribution < 1.29 is 9.59 Å². The fourth-order valence-electron chi connectivity index (χ4n) is 3.53. The van der Waals surface area contributed by atoms with Crippen molar-refractivity contribution in [3.8, 4) is 0 Å². The maximum atomic E-state index is 12.1. The zero-order valence-electron chi connectivity index (χ0n) is 13.3. The molecule has 1 aliphatic rings. The van der Waals surface area contributed by atoms with Crippen LogP contribution >= 0.6 is 0 Å². The molecule has 2 unspecified atom stereocenters. The van der Waals surface area contributed by atoms with Gasteiger partial charge in [0.1, 0.15) is 6.29 Å². The van der Waals surface area contributed by atoms with Crippen LogP contribution in [-0.2, 0) is 22.4 Å². The van der Waals surface area contributed by atoms with Gasteiger partial charge in [0.25, 0.3) is 0 Å². The third-order valence-electron chi connectivity index (χ3n) is 4.63.